The minimum absolute atomic E-state index is 0.0622. The number of amides is 2. The molecule has 1 saturated heterocycles. The summed E-state index contributed by atoms with van der Waals surface area (Å²) in [6, 6.07) is -1.08. The standard InChI is InChI=1S/C22H25N9O7S3/c1-8(3-12(32)33)38-29-13(11-7-40-21(25)26-11)17(34)27-14-18(35)31-15(20(36)37)9(5-39-19(14)31)6-41-22-28-16(24)10(23)4-30(22)2/h4,7-8,14,19,24H,3,5-6,23H2,1-2H3,(H5,25,26,27,32,33,34,36,37)/b29-13-. The van der Waals surface area contributed by atoms with Crippen LogP contribution in [0.4, 0.5) is 16.6 Å². The van der Waals surface area contributed by atoms with E-state index in [1.54, 1.807) is 17.8 Å². The maximum absolute atomic E-state index is 13.2. The lowest BCUT2D eigenvalue weighted by molar-refractivity contribution is -0.712. The summed E-state index contributed by atoms with van der Waals surface area (Å²) in [5.74, 6) is -3.58. The summed E-state index contributed by atoms with van der Waals surface area (Å²) in [5.41, 5.74) is 17.4. The molecule has 0 spiro atoms. The van der Waals surface area contributed by atoms with Crippen molar-refractivity contribution in [2.45, 2.75) is 36.0 Å². The molecule has 3 unspecified atom stereocenters. The number of aryl methyl sites for hydroxylation is 1. The van der Waals surface area contributed by atoms with Crippen LogP contribution >= 0.6 is 34.9 Å². The average Bonchev–Trinajstić information content (AvgIpc) is 3.33. The van der Waals surface area contributed by atoms with Crippen molar-refractivity contribution >= 4 is 81.0 Å². The Hall–Kier alpha value is -4.10. The van der Waals surface area contributed by atoms with Gasteiger partial charge < -0.3 is 42.4 Å². The lowest BCUT2D eigenvalue weighted by Gasteiger charge is -2.50. The van der Waals surface area contributed by atoms with Crippen LogP contribution < -0.4 is 32.2 Å². The number of carbonyl (C=O) groups excluding carboxylic acids is 3. The number of nitrogens with two attached hydrogens (primary N) is 3. The number of hydrogen-bond acceptors (Lipinski definition) is 15. The van der Waals surface area contributed by atoms with E-state index in [0.717, 1.165) is 16.2 Å². The predicted octanol–water partition coefficient (Wildman–Crippen LogP) is -2.11. The number of anilines is 3. The van der Waals surface area contributed by atoms with Crippen LogP contribution in [0.5, 0.6) is 0 Å². The van der Waals surface area contributed by atoms with E-state index in [-0.39, 0.29) is 46.0 Å². The van der Waals surface area contributed by atoms with E-state index in [1.807, 2.05) is 0 Å². The Kier molecular flexibility index (Phi) is 8.88. The van der Waals surface area contributed by atoms with Crippen molar-refractivity contribution in [2.75, 3.05) is 28.7 Å². The molecule has 0 radical (unpaired) electrons. The molecule has 4 rings (SSSR count). The number of carboxylic acids is 2. The Morgan fingerprint density at radius 2 is 2.10 bits per heavy atom. The molecule has 8 N–H and O–H groups in total. The number of aromatic nitrogens is 3. The quantitative estimate of drug-likeness (QED) is 0.0448. The lowest BCUT2D eigenvalue weighted by Crippen LogP contribution is -2.71. The van der Waals surface area contributed by atoms with Crippen LogP contribution in [-0.4, -0.2) is 78.5 Å². The summed E-state index contributed by atoms with van der Waals surface area (Å²) in [4.78, 5) is 63.8. The van der Waals surface area contributed by atoms with Gasteiger partial charge in [0, 0.05) is 16.9 Å². The van der Waals surface area contributed by atoms with Crippen LogP contribution in [0.25, 0.3) is 0 Å². The number of fused-ring (bicyclic) bond motifs is 1. The Morgan fingerprint density at radius 1 is 1.37 bits per heavy atom. The van der Waals surface area contributed by atoms with Gasteiger partial charge in [0.1, 0.15) is 35.1 Å². The molecule has 16 nitrogen and oxygen atoms in total. The number of hydrogen-bond donors (Lipinski definition) is 5. The fourth-order valence-corrected chi connectivity index (χ4v) is 6.87. The summed E-state index contributed by atoms with van der Waals surface area (Å²) in [6.45, 7) is 1.45. The molecule has 2 aromatic heterocycles. The maximum Gasteiger partial charge on any atom is 0.361 e. The van der Waals surface area contributed by atoms with Crippen molar-refractivity contribution in [3.8, 4) is 0 Å². The summed E-state index contributed by atoms with van der Waals surface area (Å²) < 4.78 is 1.65. The SMILES string of the molecule is CC(CC(=O)O)O/N=C(\C(=O)NC1C(=O)N2C(C(=O)[O-])=C(CSc3nc(N)c(N)c[n+]3C)CSC12)c1csc(N)n1. The molecule has 0 aromatic carbocycles. The second kappa shape index (κ2) is 12.2. The molecule has 19 heteroatoms. The van der Waals surface area contributed by atoms with Crippen molar-refractivity contribution < 1.29 is 38.8 Å². The van der Waals surface area contributed by atoms with Crippen molar-refractivity contribution in [1.29, 1.82) is 0 Å². The number of nitrogens with one attached hydrogen (secondary N) is 1. The fraction of sp³-hybridized carbons (Fsp3) is 0.364. The van der Waals surface area contributed by atoms with E-state index in [2.05, 4.69) is 20.4 Å². The van der Waals surface area contributed by atoms with Crippen molar-refractivity contribution in [2.24, 2.45) is 12.2 Å². The summed E-state index contributed by atoms with van der Waals surface area (Å²) in [6.07, 6.45) is 0.354. The lowest BCUT2D eigenvalue weighted by atomic mass is 10.0. The molecule has 2 amide bonds. The first-order chi connectivity index (χ1) is 19.4. The van der Waals surface area contributed by atoms with Crippen LogP contribution in [0.2, 0.25) is 0 Å². The van der Waals surface area contributed by atoms with Crippen molar-refractivity contribution in [3.63, 3.8) is 0 Å². The summed E-state index contributed by atoms with van der Waals surface area (Å²) in [5, 5.41) is 28.7. The number of nitrogen functional groups attached to an aromatic ring is 3. The summed E-state index contributed by atoms with van der Waals surface area (Å²) in [7, 11) is 1.71. The zero-order chi connectivity index (χ0) is 30.0. The normalized spacial score (nSPS) is 19.3. The maximum atomic E-state index is 13.2. The highest BCUT2D eigenvalue weighted by Gasteiger charge is 2.53. The van der Waals surface area contributed by atoms with Gasteiger partial charge in [-0.2, -0.15) is 0 Å². The molecule has 2 aliphatic heterocycles. The van der Waals surface area contributed by atoms with Gasteiger partial charge in [0.2, 0.25) is 0 Å². The van der Waals surface area contributed by atoms with Gasteiger partial charge in [0.25, 0.3) is 17.6 Å². The van der Waals surface area contributed by atoms with E-state index in [4.69, 9.17) is 27.1 Å². The molecular formula is C22H25N9O7S3. The van der Waals surface area contributed by atoms with Gasteiger partial charge in [-0.1, -0.05) is 5.16 Å². The highest BCUT2D eigenvalue weighted by Crippen LogP contribution is 2.41. The van der Waals surface area contributed by atoms with E-state index >= 15 is 0 Å². The van der Waals surface area contributed by atoms with Crippen LogP contribution in [0, 0.1) is 0 Å². The number of β-lactam (4-membered cyclic amide) rings is 1. The van der Waals surface area contributed by atoms with Gasteiger partial charge in [0.15, 0.2) is 10.8 Å². The van der Waals surface area contributed by atoms with Gasteiger partial charge in [-0.15, -0.1) is 23.1 Å². The Morgan fingerprint density at radius 3 is 2.73 bits per heavy atom. The molecule has 0 saturated carbocycles. The molecular weight excluding hydrogens is 598 g/mol. The first-order valence-corrected chi connectivity index (χ1v) is 14.7. The number of oxime groups is 1. The number of carbonyl (C=O) groups is 4. The van der Waals surface area contributed by atoms with E-state index in [0.29, 0.717) is 16.4 Å². The highest BCUT2D eigenvalue weighted by atomic mass is 32.2. The molecule has 41 heavy (non-hydrogen) atoms. The molecule has 2 aromatic rings. The predicted molar refractivity (Wildman–Crippen MR) is 148 cm³/mol. The zero-order valence-corrected chi connectivity index (χ0v) is 24.0. The van der Waals surface area contributed by atoms with Crippen LogP contribution in [0.3, 0.4) is 0 Å². The van der Waals surface area contributed by atoms with E-state index in [1.165, 1.54) is 35.8 Å². The molecule has 1 fully saturated rings. The van der Waals surface area contributed by atoms with Gasteiger partial charge >= 0.3 is 11.1 Å². The Balaban J connectivity index is 1.50. The Labute approximate surface area is 245 Å². The smallest absolute Gasteiger partial charge is 0.361 e. The number of aliphatic carboxylic acids is 2. The summed E-state index contributed by atoms with van der Waals surface area (Å²) >= 11 is 3.52. The van der Waals surface area contributed by atoms with Crippen molar-refractivity contribution in [3.05, 3.63) is 28.5 Å². The second-order valence-corrected chi connectivity index (χ2v) is 11.8. The minimum Gasteiger partial charge on any atom is -0.543 e. The van der Waals surface area contributed by atoms with Gasteiger partial charge in [-0.05, 0) is 29.2 Å². The largest absolute Gasteiger partial charge is 0.543 e. The highest BCUT2D eigenvalue weighted by molar-refractivity contribution is 8.01. The fourth-order valence-electron chi connectivity index (χ4n) is 3.88. The number of nitrogens with zero attached hydrogens (tertiary/aromatic N) is 5. The van der Waals surface area contributed by atoms with Gasteiger partial charge in [-0.3, -0.25) is 19.3 Å². The third-order valence-corrected chi connectivity index (χ3v) is 8.96. The van der Waals surface area contributed by atoms with Gasteiger partial charge in [-0.25, -0.2) is 9.55 Å². The molecule has 2 aliphatic rings. The number of rotatable bonds is 11. The molecule has 0 aliphatic carbocycles. The van der Waals surface area contributed by atoms with Crippen molar-refractivity contribution in [1.82, 2.24) is 20.2 Å². The van der Waals surface area contributed by atoms with Crippen LogP contribution in [0.15, 0.2) is 33.2 Å². The first kappa shape index (κ1) is 29.9. The molecule has 218 valence electrons. The third-order valence-electron chi connectivity index (χ3n) is 5.81. The molecule has 0 bridgehead atoms. The molecule has 4 heterocycles. The van der Waals surface area contributed by atoms with Gasteiger partial charge in [0.05, 0.1) is 25.1 Å². The zero-order valence-electron chi connectivity index (χ0n) is 21.6. The number of thiazole rings is 1. The Bertz CT molecular complexity index is 1480. The van der Waals surface area contributed by atoms with Crippen LogP contribution in [-0.2, 0) is 31.1 Å². The van der Waals surface area contributed by atoms with Crippen LogP contribution in [0.1, 0.15) is 19.0 Å². The topological polar surface area (TPSA) is 256 Å². The molecule has 3 atom stereocenters. The first-order valence-electron chi connectivity index (χ1n) is 11.8. The van der Waals surface area contributed by atoms with E-state index in [9.17, 15) is 24.3 Å². The monoisotopic (exact) mass is 623 g/mol. The number of thioether (sulfide) groups is 2. The average molecular weight is 624 g/mol. The third kappa shape index (κ3) is 6.46. The number of carboxylic acid groups (broad SMARTS) is 2. The minimum atomic E-state index is -1.53. The second-order valence-electron chi connectivity index (χ2n) is 8.89. The van der Waals surface area contributed by atoms with E-state index < -0.39 is 41.3 Å².